The topological polar surface area (TPSA) is 42.4 Å². The number of rotatable bonds is 6. The summed E-state index contributed by atoms with van der Waals surface area (Å²) in [7, 11) is 0. The van der Waals surface area contributed by atoms with E-state index in [4.69, 9.17) is 10.2 Å². The van der Waals surface area contributed by atoms with Crippen molar-refractivity contribution in [2.75, 3.05) is 6.54 Å². The first-order valence-corrected chi connectivity index (χ1v) is 7.31. The molecule has 0 saturated heterocycles. The Balaban J connectivity index is 1.54. The van der Waals surface area contributed by atoms with Crippen molar-refractivity contribution in [3.8, 4) is 0 Å². The minimum absolute atomic E-state index is 0.121. The molecule has 1 aromatic heterocycles. The van der Waals surface area contributed by atoms with Gasteiger partial charge >= 0.3 is 0 Å². The number of nitrogens with two attached hydrogens (primary N) is 1. The highest BCUT2D eigenvalue weighted by Crippen LogP contribution is 2.33. The van der Waals surface area contributed by atoms with Crippen LogP contribution in [0.15, 0.2) is 22.8 Å². The molecule has 0 amide bonds. The Hall–Kier alpha value is -0.800. The fourth-order valence-corrected chi connectivity index (χ4v) is 3.13. The maximum absolute atomic E-state index is 6.45. The first kappa shape index (κ1) is 12.2. The SMILES string of the molecule is NC1(CCN(Cc2ccco2)C2CC2)CCCC1. The molecule has 3 rings (SSSR count). The van der Waals surface area contributed by atoms with Gasteiger partial charge in [-0.25, -0.2) is 0 Å². The molecule has 0 aliphatic heterocycles. The molecule has 0 radical (unpaired) electrons. The van der Waals surface area contributed by atoms with Crippen LogP contribution in [0.25, 0.3) is 0 Å². The molecule has 0 unspecified atom stereocenters. The Morgan fingerprint density at radius 2 is 2.11 bits per heavy atom. The van der Waals surface area contributed by atoms with E-state index in [1.807, 2.05) is 6.07 Å². The molecule has 1 aromatic rings. The molecule has 1 heterocycles. The lowest BCUT2D eigenvalue weighted by Crippen LogP contribution is -2.41. The van der Waals surface area contributed by atoms with Crippen LogP contribution in [0.2, 0.25) is 0 Å². The molecule has 0 aromatic carbocycles. The van der Waals surface area contributed by atoms with Gasteiger partial charge in [-0.1, -0.05) is 12.8 Å². The first-order chi connectivity index (χ1) is 8.75. The second-order valence-corrected chi connectivity index (χ2v) is 6.10. The normalized spacial score (nSPS) is 22.8. The largest absolute Gasteiger partial charge is 0.468 e. The summed E-state index contributed by atoms with van der Waals surface area (Å²) in [5.74, 6) is 1.08. The van der Waals surface area contributed by atoms with Crippen LogP contribution in [0, 0.1) is 0 Å². The van der Waals surface area contributed by atoms with E-state index in [1.54, 1.807) is 6.26 Å². The average molecular weight is 248 g/mol. The van der Waals surface area contributed by atoms with Gasteiger partial charge in [-0.2, -0.15) is 0 Å². The molecule has 18 heavy (non-hydrogen) atoms. The lowest BCUT2D eigenvalue weighted by Gasteiger charge is -2.28. The molecule has 2 N–H and O–H groups in total. The van der Waals surface area contributed by atoms with Crippen LogP contribution in [-0.4, -0.2) is 23.0 Å². The summed E-state index contributed by atoms with van der Waals surface area (Å²) in [6.45, 7) is 2.08. The van der Waals surface area contributed by atoms with Crippen molar-refractivity contribution in [3.05, 3.63) is 24.2 Å². The third-order valence-electron chi connectivity index (χ3n) is 4.50. The van der Waals surface area contributed by atoms with Gasteiger partial charge < -0.3 is 10.2 Å². The van der Waals surface area contributed by atoms with E-state index in [0.717, 1.165) is 31.3 Å². The predicted molar refractivity (Wildman–Crippen MR) is 72.1 cm³/mol. The number of hydrogen-bond acceptors (Lipinski definition) is 3. The molecule has 0 spiro atoms. The standard InChI is InChI=1S/C15H24N2O/c16-15(7-1-2-8-15)9-10-17(13-5-6-13)12-14-4-3-11-18-14/h3-4,11,13H,1-2,5-10,12,16H2. The Morgan fingerprint density at radius 3 is 2.72 bits per heavy atom. The van der Waals surface area contributed by atoms with Gasteiger partial charge in [0.1, 0.15) is 5.76 Å². The molecule has 3 nitrogen and oxygen atoms in total. The fraction of sp³-hybridized carbons (Fsp3) is 0.733. The summed E-state index contributed by atoms with van der Waals surface area (Å²) in [5.41, 5.74) is 6.57. The van der Waals surface area contributed by atoms with Crippen molar-refractivity contribution in [2.45, 2.75) is 63.1 Å². The highest BCUT2D eigenvalue weighted by atomic mass is 16.3. The minimum Gasteiger partial charge on any atom is -0.468 e. The number of hydrogen-bond donors (Lipinski definition) is 1. The molecule has 2 aliphatic carbocycles. The van der Waals surface area contributed by atoms with Crippen molar-refractivity contribution in [2.24, 2.45) is 5.73 Å². The van der Waals surface area contributed by atoms with Crippen LogP contribution in [0.1, 0.15) is 50.7 Å². The highest BCUT2D eigenvalue weighted by Gasteiger charge is 2.33. The van der Waals surface area contributed by atoms with Crippen LogP contribution in [0.4, 0.5) is 0 Å². The summed E-state index contributed by atoms with van der Waals surface area (Å²) in [4.78, 5) is 2.56. The molecule has 2 saturated carbocycles. The van der Waals surface area contributed by atoms with E-state index in [2.05, 4.69) is 11.0 Å². The summed E-state index contributed by atoms with van der Waals surface area (Å²) < 4.78 is 5.47. The van der Waals surface area contributed by atoms with Gasteiger partial charge in [-0.3, -0.25) is 4.90 Å². The van der Waals surface area contributed by atoms with Crippen LogP contribution in [0.5, 0.6) is 0 Å². The summed E-state index contributed by atoms with van der Waals surface area (Å²) >= 11 is 0. The van der Waals surface area contributed by atoms with E-state index in [1.165, 1.54) is 38.5 Å². The second kappa shape index (κ2) is 5.06. The van der Waals surface area contributed by atoms with Gasteiger partial charge in [-0.15, -0.1) is 0 Å². The molecule has 3 heteroatoms. The monoisotopic (exact) mass is 248 g/mol. The quantitative estimate of drug-likeness (QED) is 0.841. The molecule has 0 bridgehead atoms. The van der Waals surface area contributed by atoms with Crippen molar-refractivity contribution in [1.82, 2.24) is 4.90 Å². The molecule has 100 valence electrons. The zero-order valence-electron chi connectivity index (χ0n) is 11.1. The van der Waals surface area contributed by atoms with E-state index in [9.17, 15) is 0 Å². The van der Waals surface area contributed by atoms with Crippen LogP contribution >= 0.6 is 0 Å². The maximum atomic E-state index is 6.45. The van der Waals surface area contributed by atoms with Gasteiger partial charge in [0.25, 0.3) is 0 Å². The lowest BCUT2D eigenvalue weighted by molar-refractivity contribution is 0.207. The minimum atomic E-state index is 0.121. The van der Waals surface area contributed by atoms with Gasteiger partial charge in [-0.05, 0) is 44.2 Å². The number of nitrogens with zero attached hydrogens (tertiary/aromatic N) is 1. The third kappa shape index (κ3) is 2.96. The summed E-state index contributed by atoms with van der Waals surface area (Å²) in [5, 5.41) is 0. The van der Waals surface area contributed by atoms with Gasteiger partial charge in [0, 0.05) is 18.1 Å². The van der Waals surface area contributed by atoms with Crippen LogP contribution in [-0.2, 0) is 6.54 Å². The van der Waals surface area contributed by atoms with Crippen molar-refractivity contribution >= 4 is 0 Å². The summed E-state index contributed by atoms with van der Waals surface area (Å²) in [6.07, 6.45) is 10.7. The van der Waals surface area contributed by atoms with Crippen molar-refractivity contribution in [3.63, 3.8) is 0 Å². The first-order valence-electron chi connectivity index (χ1n) is 7.31. The lowest BCUT2D eigenvalue weighted by atomic mass is 9.94. The molecule has 2 aliphatic rings. The van der Waals surface area contributed by atoms with E-state index in [0.29, 0.717) is 0 Å². The molecular weight excluding hydrogens is 224 g/mol. The molecule has 2 fully saturated rings. The maximum Gasteiger partial charge on any atom is 0.117 e. The third-order valence-corrected chi connectivity index (χ3v) is 4.50. The van der Waals surface area contributed by atoms with Crippen LogP contribution < -0.4 is 5.73 Å². The zero-order chi connectivity index (χ0) is 12.4. The van der Waals surface area contributed by atoms with E-state index < -0.39 is 0 Å². The van der Waals surface area contributed by atoms with Crippen molar-refractivity contribution in [1.29, 1.82) is 0 Å². The van der Waals surface area contributed by atoms with E-state index in [-0.39, 0.29) is 5.54 Å². The molecular formula is C15H24N2O. The Morgan fingerprint density at radius 1 is 1.33 bits per heavy atom. The Kier molecular flexibility index (Phi) is 3.44. The smallest absolute Gasteiger partial charge is 0.117 e. The Bertz CT molecular complexity index is 364. The number of furan rings is 1. The Labute approximate surface area is 109 Å². The van der Waals surface area contributed by atoms with Gasteiger partial charge in [0.15, 0.2) is 0 Å². The highest BCUT2D eigenvalue weighted by molar-refractivity contribution is 5.00. The van der Waals surface area contributed by atoms with Gasteiger partial charge in [0.2, 0.25) is 0 Å². The fourth-order valence-electron chi connectivity index (χ4n) is 3.13. The van der Waals surface area contributed by atoms with Gasteiger partial charge in [0.05, 0.1) is 12.8 Å². The zero-order valence-corrected chi connectivity index (χ0v) is 11.1. The second-order valence-electron chi connectivity index (χ2n) is 6.10. The van der Waals surface area contributed by atoms with Crippen LogP contribution in [0.3, 0.4) is 0 Å². The average Bonchev–Trinajstić information content (AvgIpc) is 2.90. The van der Waals surface area contributed by atoms with Crippen molar-refractivity contribution < 1.29 is 4.42 Å². The van der Waals surface area contributed by atoms with E-state index >= 15 is 0 Å². The molecule has 0 atom stereocenters. The summed E-state index contributed by atoms with van der Waals surface area (Å²) in [6, 6.07) is 4.82. The predicted octanol–water partition coefficient (Wildman–Crippen LogP) is 2.91.